The van der Waals surface area contributed by atoms with E-state index in [2.05, 4.69) is 15.8 Å². The van der Waals surface area contributed by atoms with Crippen molar-refractivity contribution in [1.29, 1.82) is 0 Å². The van der Waals surface area contributed by atoms with Gasteiger partial charge in [0, 0.05) is 31.7 Å². The number of nitrogens with zero attached hydrogens (tertiary/aromatic N) is 2. The monoisotopic (exact) mass is 378 g/mol. The van der Waals surface area contributed by atoms with Crippen LogP contribution in [0.1, 0.15) is 17.5 Å². The zero-order valence-corrected chi connectivity index (χ0v) is 15.4. The summed E-state index contributed by atoms with van der Waals surface area (Å²) < 4.78 is 0. The van der Waals surface area contributed by atoms with Gasteiger partial charge in [-0.1, -0.05) is 47.6 Å². The number of carbonyl (C=O) groups excluding carboxylic acids is 2. The summed E-state index contributed by atoms with van der Waals surface area (Å²) in [5.74, 6) is -0.136. The fourth-order valence-corrected chi connectivity index (χ4v) is 3.31. The maximum Gasteiger partial charge on any atom is 0.264 e. The van der Waals surface area contributed by atoms with Gasteiger partial charge in [0.15, 0.2) is 0 Å². The van der Waals surface area contributed by atoms with E-state index in [1.807, 2.05) is 59.5 Å². The molecule has 7 heteroatoms. The third kappa shape index (κ3) is 4.14. The standard InChI is InChI=1S/C21H22N4O3/c26-20-14-25(11-10-22-20)17-8-6-15(7-9-17)13-23-21(27)19-12-18(24-28-19)16-4-2-1-3-5-16/h1-9,19H,10-14H2,(H,22,26)(H,23,27). The van der Waals surface area contributed by atoms with Crippen molar-refractivity contribution in [2.75, 3.05) is 24.5 Å². The van der Waals surface area contributed by atoms with Gasteiger partial charge in [-0.05, 0) is 23.3 Å². The summed E-state index contributed by atoms with van der Waals surface area (Å²) in [4.78, 5) is 31.2. The van der Waals surface area contributed by atoms with Crippen LogP contribution in [0.2, 0.25) is 0 Å². The number of hydrogen-bond donors (Lipinski definition) is 2. The van der Waals surface area contributed by atoms with E-state index >= 15 is 0 Å². The normalized spacial score (nSPS) is 18.9. The number of anilines is 1. The Labute approximate surface area is 163 Å². The van der Waals surface area contributed by atoms with Crippen molar-refractivity contribution in [3.63, 3.8) is 0 Å². The van der Waals surface area contributed by atoms with E-state index in [1.54, 1.807) is 0 Å². The van der Waals surface area contributed by atoms with Crippen LogP contribution in [0.15, 0.2) is 59.8 Å². The Morgan fingerprint density at radius 1 is 1.18 bits per heavy atom. The fourth-order valence-electron chi connectivity index (χ4n) is 3.31. The molecule has 28 heavy (non-hydrogen) atoms. The molecule has 7 nitrogen and oxygen atoms in total. The van der Waals surface area contributed by atoms with Crippen molar-refractivity contribution in [1.82, 2.24) is 10.6 Å². The molecule has 0 radical (unpaired) electrons. The van der Waals surface area contributed by atoms with Gasteiger partial charge < -0.3 is 20.4 Å². The van der Waals surface area contributed by atoms with E-state index in [0.29, 0.717) is 26.1 Å². The zero-order chi connectivity index (χ0) is 19.3. The zero-order valence-electron chi connectivity index (χ0n) is 15.4. The Morgan fingerprint density at radius 3 is 2.71 bits per heavy atom. The first-order valence-electron chi connectivity index (χ1n) is 9.35. The molecule has 1 saturated heterocycles. The van der Waals surface area contributed by atoms with Crippen molar-refractivity contribution < 1.29 is 14.4 Å². The first-order valence-corrected chi connectivity index (χ1v) is 9.35. The predicted octanol–water partition coefficient (Wildman–Crippen LogP) is 1.43. The molecule has 1 atom stereocenters. The summed E-state index contributed by atoms with van der Waals surface area (Å²) in [6.45, 7) is 2.24. The van der Waals surface area contributed by atoms with Gasteiger partial charge in [0.1, 0.15) is 0 Å². The number of carbonyl (C=O) groups is 2. The molecule has 1 unspecified atom stereocenters. The van der Waals surface area contributed by atoms with Crippen molar-refractivity contribution in [3.8, 4) is 0 Å². The van der Waals surface area contributed by atoms with E-state index in [0.717, 1.165) is 29.1 Å². The summed E-state index contributed by atoms with van der Waals surface area (Å²) in [5.41, 5.74) is 3.75. The lowest BCUT2D eigenvalue weighted by Gasteiger charge is -2.28. The number of oxime groups is 1. The number of nitrogens with one attached hydrogen (secondary N) is 2. The lowest BCUT2D eigenvalue weighted by Crippen LogP contribution is -2.47. The summed E-state index contributed by atoms with van der Waals surface area (Å²) >= 11 is 0. The van der Waals surface area contributed by atoms with Crippen molar-refractivity contribution in [2.45, 2.75) is 19.1 Å². The molecule has 144 valence electrons. The highest BCUT2D eigenvalue weighted by Crippen LogP contribution is 2.18. The average Bonchev–Trinajstić information content (AvgIpc) is 3.23. The second-order valence-corrected chi connectivity index (χ2v) is 6.86. The molecule has 4 rings (SSSR count). The minimum absolute atomic E-state index is 0.0382. The molecule has 2 aliphatic heterocycles. The molecular formula is C21H22N4O3. The van der Waals surface area contributed by atoms with Gasteiger partial charge in [0.05, 0.1) is 12.3 Å². The third-order valence-corrected chi connectivity index (χ3v) is 4.87. The summed E-state index contributed by atoms with van der Waals surface area (Å²) in [5, 5.41) is 9.77. The highest BCUT2D eigenvalue weighted by molar-refractivity contribution is 6.04. The van der Waals surface area contributed by atoms with E-state index in [9.17, 15) is 9.59 Å². The largest absolute Gasteiger partial charge is 0.382 e. The molecule has 2 aromatic carbocycles. The maximum absolute atomic E-state index is 12.4. The molecule has 0 aromatic heterocycles. The van der Waals surface area contributed by atoms with Crippen molar-refractivity contribution in [3.05, 3.63) is 65.7 Å². The molecular weight excluding hydrogens is 356 g/mol. The van der Waals surface area contributed by atoms with Crippen molar-refractivity contribution in [2.24, 2.45) is 5.16 Å². The molecule has 2 heterocycles. The minimum Gasteiger partial charge on any atom is -0.382 e. The van der Waals surface area contributed by atoms with Crippen LogP contribution in [0.25, 0.3) is 0 Å². The van der Waals surface area contributed by atoms with Crippen LogP contribution < -0.4 is 15.5 Å². The summed E-state index contributed by atoms with van der Waals surface area (Å²) in [6, 6.07) is 17.6. The summed E-state index contributed by atoms with van der Waals surface area (Å²) in [6.07, 6.45) is -0.132. The number of hydrogen-bond acceptors (Lipinski definition) is 5. The number of piperazine rings is 1. The number of amides is 2. The minimum atomic E-state index is -0.596. The van der Waals surface area contributed by atoms with Gasteiger partial charge in [0.2, 0.25) is 12.0 Å². The Hall–Kier alpha value is -3.35. The van der Waals surface area contributed by atoms with Gasteiger partial charge >= 0.3 is 0 Å². The molecule has 2 aliphatic rings. The van der Waals surface area contributed by atoms with E-state index in [-0.39, 0.29) is 11.8 Å². The molecule has 2 N–H and O–H groups in total. The molecule has 0 aliphatic carbocycles. The van der Waals surface area contributed by atoms with Crippen LogP contribution in [-0.2, 0) is 21.0 Å². The Kier molecular flexibility index (Phi) is 5.23. The lowest BCUT2D eigenvalue weighted by molar-refractivity contribution is -0.131. The SMILES string of the molecule is O=C1CN(c2ccc(CNC(=O)C3CC(c4ccccc4)=NO3)cc2)CCN1. The highest BCUT2D eigenvalue weighted by Gasteiger charge is 2.28. The topological polar surface area (TPSA) is 83.0 Å². The quantitative estimate of drug-likeness (QED) is 0.825. The molecule has 0 saturated carbocycles. The molecule has 2 amide bonds. The molecule has 0 spiro atoms. The van der Waals surface area contributed by atoms with E-state index in [4.69, 9.17) is 4.84 Å². The third-order valence-electron chi connectivity index (χ3n) is 4.87. The van der Waals surface area contributed by atoms with Crippen LogP contribution >= 0.6 is 0 Å². The number of rotatable bonds is 5. The Balaban J connectivity index is 1.28. The van der Waals surface area contributed by atoms with Crippen LogP contribution in [0.3, 0.4) is 0 Å². The second-order valence-electron chi connectivity index (χ2n) is 6.86. The van der Waals surface area contributed by atoms with Crippen LogP contribution in [0, 0.1) is 0 Å². The first kappa shape index (κ1) is 18.0. The van der Waals surface area contributed by atoms with Crippen LogP contribution in [-0.4, -0.2) is 43.3 Å². The second kappa shape index (κ2) is 8.12. The van der Waals surface area contributed by atoms with Gasteiger partial charge in [-0.3, -0.25) is 9.59 Å². The molecule has 2 aromatic rings. The van der Waals surface area contributed by atoms with Crippen LogP contribution in [0.4, 0.5) is 5.69 Å². The average molecular weight is 378 g/mol. The summed E-state index contributed by atoms with van der Waals surface area (Å²) in [7, 11) is 0. The molecule has 0 bridgehead atoms. The number of benzene rings is 2. The van der Waals surface area contributed by atoms with Gasteiger partial charge in [-0.25, -0.2) is 0 Å². The van der Waals surface area contributed by atoms with Crippen LogP contribution in [0.5, 0.6) is 0 Å². The van der Waals surface area contributed by atoms with Gasteiger partial charge in [-0.15, -0.1) is 0 Å². The first-order chi connectivity index (χ1) is 13.7. The lowest BCUT2D eigenvalue weighted by atomic mass is 10.0. The fraction of sp³-hybridized carbons (Fsp3) is 0.286. The van der Waals surface area contributed by atoms with Gasteiger partial charge in [-0.2, -0.15) is 0 Å². The smallest absolute Gasteiger partial charge is 0.264 e. The van der Waals surface area contributed by atoms with Crippen molar-refractivity contribution >= 4 is 23.2 Å². The highest BCUT2D eigenvalue weighted by atomic mass is 16.6. The Morgan fingerprint density at radius 2 is 1.96 bits per heavy atom. The molecule has 1 fully saturated rings. The predicted molar refractivity (Wildman–Crippen MR) is 106 cm³/mol. The van der Waals surface area contributed by atoms with E-state index in [1.165, 1.54) is 0 Å². The van der Waals surface area contributed by atoms with Gasteiger partial charge in [0.25, 0.3) is 5.91 Å². The van der Waals surface area contributed by atoms with E-state index < -0.39 is 6.10 Å². The maximum atomic E-state index is 12.4. The Bertz CT molecular complexity index is 880.